The third-order valence-electron chi connectivity index (χ3n) is 8.28. The zero-order valence-electron chi connectivity index (χ0n) is 29.7. The maximum absolute atomic E-state index is 12.9. The number of H-pyrrole nitrogens is 3. The van der Waals surface area contributed by atoms with E-state index in [0.717, 1.165) is 29.2 Å². The molecule has 0 aliphatic heterocycles. The molecule has 0 aliphatic rings. The summed E-state index contributed by atoms with van der Waals surface area (Å²) in [5.74, 6) is -0.643. The Morgan fingerprint density at radius 3 is 1.11 bits per heavy atom. The first-order chi connectivity index (χ1) is 25.2. The molecule has 6 aromatic rings. The quantitative estimate of drug-likeness (QED) is 0.154. The van der Waals surface area contributed by atoms with Gasteiger partial charge in [-0.15, -0.1) is 0 Å². The van der Waals surface area contributed by atoms with Gasteiger partial charge in [0.2, 0.25) is 16.3 Å². The fourth-order valence-electron chi connectivity index (χ4n) is 5.65. The SMILES string of the molecule is Cc1[nH]c(C)c(-c2ccc(C(F)(F)F)cc2)c(=O)c1Br.Cc1[nH]c(C)c(-c2ccc(F)cc2)c(=O)c1Br.Cc1[nH]c(C)c(-c2ccc(F)cc2)c(=O)c1Cl. The largest absolute Gasteiger partial charge is 0.416 e. The molecule has 0 spiro atoms. The van der Waals surface area contributed by atoms with E-state index in [1.54, 1.807) is 52.0 Å². The van der Waals surface area contributed by atoms with Gasteiger partial charge in [0.1, 0.15) is 16.7 Å². The number of alkyl halides is 3. The van der Waals surface area contributed by atoms with Gasteiger partial charge >= 0.3 is 6.18 Å². The van der Waals surface area contributed by atoms with Crippen molar-refractivity contribution in [3.05, 3.63) is 169 Å². The van der Waals surface area contributed by atoms with Crippen LogP contribution in [0.15, 0.2) is 96.1 Å². The lowest BCUT2D eigenvalue weighted by Crippen LogP contribution is -2.12. The number of aromatic amines is 3. The van der Waals surface area contributed by atoms with Gasteiger partial charge in [0.15, 0.2) is 0 Å². The molecule has 14 heteroatoms. The number of hydrogen-bond donors (Lipinski definition) is 3. The molecule has 6 rings (SSSR count). The third-order valence-corrected chi connectivity index (χ3v) is 10.6. The van der Waals surface area contributed by atoms with E-state index in [0.29, 0.717) is 59.4 Å². The highest BCUT2D eigenvalue weighted by Gasteiger charge is 2.30. The average molecular weight is 894 g/mol. The van der Waals surface area contributed by atoms with E-state index in [2.05, 4.69) is 46.8 Å². The molecule has 3 aromatic heterocycles. The van der Waals surface area contributed by atoms with Crippen molar-refractivity contribution in [2.24, 2.45) is 0 Å². The predicted octanol–water partition coefficient (Wildman–Crippen LogP) is 11.5. The normalized spacial score (nSPS) is 11.0. The lowest BCUT2D eigenvalue weighted by molar-refractivity contribution is -0.137. The Morgan fingerprint density at radius 2 is 0.778 bits per heavy atom. The van der Waals surface area contributed by atoms with Gasteiger partial charge in [-0.05, 0) is 126 Å². The second kappa shape index (κ2) is 17.3. The van der Waals surface area contributed by atoms with Crippen LogP contribution in [0.25, 0.3) is 33.4 Å². The minimum Gasteiger partial charge on any atom is -0.361 e. The molecule has 0 unspecified atom stereocenters. The Labute approximate surface area is 328 Å². The van der Waals surface area contributed by atoms with Crippen LogP contribution < -0.4 is 16.3 Å². The van der Waals surface area contributed by atoms with Gasteiger partial charge in [-0.3, -0.25) is 14.4 Å². The summed E-state index contributed by atoms with van der Waals surface area (Å²) in [6.07, 6.45) is -4.38. The Hall–Kier alpha value is -4.59. The van der Waals surface area contributed by atoms with Crippen LogP contribution in [0.4, 0.5) is 22.0 Å². The summed E-state index contributed by atoms with van der Waals surface area (Å²) in [7, 11) is 0. The van der Waals surface area contributed by atoms with Crippen molar-refractivity contribution in [1.82, 2.24) is 15.0 Å². The van der Waals surface area contributed by atoms with Gasteiger partial charge in [-0.25, -0.2) is 8.78 Å². The summed E-state index contributed by atoms with van der Waals surface area (Å²) >= 11 is 12.4. The van der Waals surface area contributed by atoms with Gasteiger partial charge < -0.3 is 15.0 Å². The number of hydrogen-bond acceptors (Lipinski definition) is 3. The van der Waals surface area contributed by atoms with Crippen molar-refractivity contribution in [3.8, 4) is 33.4 Å². The van der Waals surface area contributed by atoms with E-state index in [-0.39, 0.29) is 32.9 Å². The lowest BCUT2D eigenvalue weighted by atomic mass is 10.0. The van der Waals surface area contributed by atoms with Gasteiger partial charge in [0, 0.05) is 50.9 Å². The van der Waals surface area contributed by atoms with Crippen LogP contribution in [-0.2, 0) is 6.18 Å². The number of halogens is 8. The highest BCUT2D eigenvalue weighted by molar-refractivity contribution is 9.10. The minimum atomic E-state index is -4.38. The number of nitrogens with one attached hydrogen (secondary N) is 3. The van der Waals surface area contributed by atoms with Crippen LogP contribution in [0.2, 0.25) is 5.02 Å². The number of aromatic nitrogens is 3. The van der Waals surface area contributed by atoms with E-state index >= 15 is 0 Å². The second-order valence-corrected chi connectivity index (χ2v) is 14.2. The van der Waals surface area contributed by atoms with Crippen molar-refractivity contribution >= 4 is 43.5 Å². The number of aryl methyl sites for hydroxylation is 6. The summed E-state index contributed by atoms with van der Waals surface area (Å²) in [5.41, 5.74) is 6.22. The second-order valence-electron chi connectivity index (χ2n) is 12.3. The minimum absolute atomic E-state index is 0.0784. The third kappa shape index (κ3) is 9.55. The van der Waals surface area contributed by atoms with Crippen LogP contribution in [-0.4, -0.2) is 15.0 Å². The molecule has 6 nitrogen and oxygen atoms in total. The van der Waals surface area contributed by atoms with Crippen LogP contribution in [0, 0.1) is 53.2 Å². The fourth-order valence-corrected chi connectivity index (χ4v) is 6.39. The summed E-state index contributed by atoms with van der Waals surface area (Å²) in [4.78, 5) is 45.6. The zero-order chi connectivity index (χ0) is 40.2. The van der Waals surface area contributed by atoms with Crippen LogP contribution in [0.1, 0.15) is 39.7 Å². The lowest BCUT2D eigenvalue weighted by Gasteiger charge is -2.10. The molecule has 3 N–H and O–H groups in total. The molecule has 0 saturated carbocycles. The molecule has 0 amide bonds. The predicted molar refractivity (Wildman–Crippen MR) is 211 cm³/mol. The standard InChI is InChI=1S/C14H11BrF3NO.C13H11BrFNO.C13H11ClFNO/c1-7-11(13(20)12(15)8(2)19-7)9-3-5-10(6-4-9)14(16,17)18;2*1-7-11(9-3-5-10(15)6-4-9)13(17)12(14)8(2)16-7/h3-6H,1-2H3,(H,19,20);2*3-6H,1-2H3,(H,16,17). The molecule has 0 saturated heterocycles. The summed E-state index contributed by atoms with van der Waals surface area (Å²) in [6.45, 7) is 10.7. The zero-order valence-corrected chi connectivity index (χ0v) is 33.6. The summed E-state index contributed by atoms with van der Waals surface area (Å²) in [6, 6.07) is 16.3. The Balaban J connectivity index is 0.000000181. The van der Waals surface area contributed by atoms with Crippen LogP contribution >= 0.6 is 43.5 Å². The van der Waals surface area contributed by atoms with Gasteiger partial charge in [0.05, 0.1) is 14.5 Å². The van der Waals surface area contributed by atoms with Gasteiger partial charge in [-0.2, -0.15) is 13.2 Å². The van der Waals surface area contributed by atoms with Crippen molar-refractivity contribution in [2.75, 3.05) is 0 Å². The summed E-state index contributed by atoms with van der Waals surface area (Å²) in [5, 5.41) is 0.176. The van der Waals surface area contributed by atoms with E-state index < -0.39 is 11.7 Å². The molecular weight excluding hydrogens is 861 g/mol. The molecule has 282 valence electrons. The van der Waals surface area contributed by atoms with Crippen molar-refractivity contribution in [2.45, 2.75) is 47.7 Å². The van der Waals surface area contributed by atoms with E-state index in [9.17, 15) is 36.3 Å². The molecule has 0 atom stereocenters. The smallest absolute Gasteiger partial charge is 0.361 e. The first-order valence-corrected chi connectivity index (χ1v) is 18.1. The van der Waals surface area contributed by atoms with E-state index in [1.807, 2.05) is 13.8 Å². The topological polar surface area (TPSA) is 98.6 Å². The molecule has 3 heterocycles. The van der Waals surface area contributed by atoms with Crippen LogP contribution in [0.3, 0.4) is 0 Å². The van der Waals surface area contributed by atoms with E-state index in [4.69, 9.17) is 11.6 Å². The van der Waals surface area contributed by atoms with Crippen molar-refractivity contribution in [3.63, 3.8) is 0 Å². The molecule has 3 aromatic carbocycles. The Bertz CT molecular complexity index is 2380. The highest BCUT2D eigenvalue weighted by atomic mass is 79.9. The average Bonchev–Trinajstić information content (AvgIpc) is 3.11. The summed E-state index contributed by atoms with van der Waals surface area (Å²) < 4.78 is 64.2. The maximum atomic E-state index is 12.9. The van der Waals surface area contributed by atoms with Gasteiger partial charge in [-0.1, -0.05) is 48.0 Å². The molecule has 0 fully saturated rings. The first-order valence-electron chi connectivity index (χ1n) is 16.1. The van der Waals surface area contributed by atoms with Crippen molar-refractivity contribution in [1.29, 1.82) is 0 Å². The molecule has 54 heavy (non-hydrogen) atoms. The maximum Gasteiger partial charge on any atom is 0.416 e. The first kappa shape index (κ1) is 42.2. The van der Waals surface area contributed by atoms with Gasteiger partial charge in [0.25, 0.3) is 0 Å². The molecular formula is C40H33Br2ClF5N3O3. The monoisotopic (exact) mass is 891 g/mol. The molecule has 0 radical (unpaired) electrons. The number of pyridine rings is 3. The Kier molecular flexibility index (Phi) is 13.5. The highest BCUT2D eigenvalue weighted by Crippen LogP contribution is 2.31. The molecule has 0 bridgehead atoms. The van der Waals surface area contributed by atoms with E-state index in [1.165, 1.54) is 36.4 Å². The fraction of sp³-hybridized carbons (Fsp3) is 0.175. The van der Waals surface area contributed by atoms with Crippen molar-refractivity contribution < 1.29 is 22.0 Å². The number of benzene rings is 3. The number of rotatable bonds is 3. The van der Waals surface area contributed by atoms with Crippen LogP contribution in [0.5, 0.6) is 0 Å². The Morgan fingerprint density at radius 1 is 0.481 bits per heavy atom. The molecule has 0 aliphatic carbocycles.